The van der Waals surface area contributed by atoms with Gasteiger partial charge in [0.2, 0.25) is 0 Å². The summed E-state index contributed by atoms with van der Waals surface area (Å²) in [6.45, 7) is 7.77. The maximum absolute atomic E-state index is 6.13. The maximum atomic E-state index is 6.13. The normalized spacial score (nSPS) is 32.1. The minimum atomic E-state index is 0.249. The molecule has 17 heavy (non-hydrogen) atoms. The van der Waals surface area contributed by atoms with Crippen molar-refractivity contribution in [2.75, 3.05) is 26.7 Å². The van der Waals surface area contributed by atoms with E-state index in [0.29, 0.717) is 6.04 Å². The van der Waals surface area contributed by atoms with Crippen LogP contribution in [0.15, 0.2) is 0 Å². The molecule has 3 heteroatoms. The molecule has 2 fully saturated rings. The second-order valence-corrected chi connectivity index (χ2v) is 6.29. The number of likely N-dealkylation sites (tertiary alicyclic amines) is 1. The predicted molar refractivity (Wildman–Crippen MR) is 73.1 cm³/mol. The SMILES string of the molecule is CC(C)N1CCC(CN)(N(C)C2CCCC2)C1. The van der Waals surface area contributed by atoms with Crippen LogP contribution in [0, 0.1) is 0 Å². The van der Waals surface area contributed by atoms with E-state index in [2.05, 4.69) is 30.7 Å². The van der Waals surface area contributed by atoms with Crippen molar-refractivity contribution < 1.29 is 0 Å². The highest BCUT2D eigenvalue weighted by molar-refractivity contribution is 5.02. The van der Waals surface area contributed by atoms with Crippen LogP contribution >= 0.6 is 0 Å². The average molecular weight is 239 g/mol. The molecule has 2 rings (SSSR count). The second-order valence-electron chi connectivity index (χ2n) is 6.29. The quantitative estimate of drug-likeness (QED) is 0.810. The van der Waals surface area contributed by atoms with Gasteiger partial charge in [0.25, 0.3) is 0 Å². The number of hydrogen-bond acceptors (Lipinski definition) is 3. The molecule has 2 aliphatic rings. The molecular formula is C14H29N3. The molecular weight excluding hydrogens is 210 g/mol. The Bertz CT molecular complexity index is 248. The van der Waals surface area contributed by atoms with E-state index in [4.69, 9.17) is 5.73 Å². The second kappa shape index (κ2) is 5.25. The van der Waals surface area contributed by atoms with E-state index in [1.165, 1.54) is 38.6 Å². The van der Waals surface area contributed by atoms with Crippen LogP contribution in [0.4, 0.5) is 0 Å². The number of hydrogen-bond donors (Lipinski definition) is 1. The lowest BCUT2D eigenvalue weighted by atomic mass is 9.94. The van der Waals surface area contributed by atoms with Crippen molar-refractivity contribution in [2.45, 2.75) is 63.6 Å². The third-order valence-electron chi connectivity index (χ3n) is 5.09. The van der Waals surface area contributed by atoms with Crippen molar-refractivity contribution in [3.05, 3.63) is 0 Å². The summed E-state index contributed by atoms with van der Waals surface area (Å²) >= 11 is 0. The van der Waals surface area contributed by atoms with Gasteiger partial charge in [0.1, 0.15) is 0 Å². The standard InChI is InChI=1S/C14H29N3/c1-12(2)17-9-8-14(10-15,11-17)16(3)13-6-4-5-7-13/h12-13H,4-11,15H2,1-3H3. The summed E-state index contributed by atoms with van der Waals surface area (Å²) in [5.74, 6) is 0. The molecule has 1 saturated heterocycles. The van der Waals surface area contributed by atoms with Crippen LogP contribution in [0.25, 0.3) is 0 Å². The topological polar surface area (TPSA) is 32.5 Å². The zero-order chi connectivity index (χ0) is 12.5. The Hall–Kier alpha value is -0.120. The number of likely N-dealkylation sites (N-methyl/N-ethyl adjacent to an activating group) is 1. The Balaban J connectivity index is 2.04. The van der Waals surface area contributed by atoms with Crippen molar-refractivity contribution in [3.8, 4) is 0 Å². The van der Waals surface area contributed by atoms with E-state index in [-0.39, 0.29) is 5.54 Å². The third-order valence-corrected chi connectivity index (χ3v) is 5.09. The van der Waals surface area contributed by atoms with Gasteiger partial charge in [0.15, 0.2) is 0 Å². The molecule has 1 unspecified atom stereocenters. The van der Waals surface area contributed by atoms with E-state index >= 15 is 0 Å². The van der Waals surface area contributed by atoms with Crippen molar-refractivity contribution in [1.82, 2.24) is 9.80 Å². The highest BCUT2D eigenvalue weighted by atomic mass is 15.3. The van der Waals surface area contributed by atoms with Crippen LogP contribution in [-0.4, -0.2) is 54.1 Å². The number of nitrogens with two attached hydrogens (primary N) is 1. The summed E-state index contributed by atoms with van der Waals surface area (Å²) in [5, 5.41) is 0. The molecule has 1 saturated carbocycles. The lowest BCUT2D eigenvalue weighted by Crippen LogP contribution is -2.57. The molecule has 1 aliphatic carbocycles. The molecule has 1 atom stereocenters. The van der Waals surface area contributed by atoms with Gasteiger partial charge in [0, 0.05) is 37.3 Å². The first-order valence-electron chi connectivity index (χ1n) is 7.26. The third kappa shape index (κ3) is 2.51. The van der Waals surface area contributed by atoms with Gasteiger partial charge >= 0.3 is 0 Å². The van der Waals surface area contributed by atoms with Crippen LogP contribution < -0.4 is 5.73 Å². The van der Waals surface area contributed by atoms with E-state index in [1.807, 2.05) is 0 Å². The van der Waals surface area contributed by atoms with Gasteiger partial charge in [-0.3, -0.25) is 9.80 Å². The fourth-order valence-electron chi connectivity index (χ4n) is 3.61. The molecule has 0 aromatic carbocycles. The summed E-state index contributed by atoms with van der Waals surface area (Å²) < 4.78 is 0. The zero-order valence-electron chi connectivity index (χ0n) is 11.8. The largest absolute Gasteiger partial charge is 0.329 e. The summed E-state index contributed by atoms with van der Waals surface area (Å²) in [4.78, 5) is 5.21. The predicted octanol–water partition coefficient (Wildman–Crippen LogP) is 1.67. The Morgan fingerprint density at radius 2 is 2.00 bits per heavy atom. The summed E-state index contributed by atoms with van der Waals surface area (Å²) in [6, 6.07) is 1.44. The fourth-order valence-corrected chi connectivity index (χ4v) is 3.61. The molecule has 3 nitrogen and oxygen atoms in total. The maximum Gasteiger partial charge on any atom is 0.0470 e. The van der Waals surface area contributed by atoms with Crippen LogP contribution in [0.2, 0.25) is 0 Å². The van der Waals surface area contributed by atoms with E-state index in [9.17, 15) is 0 Å². The molecule has 100 valence electrons. The van der Waals surface area contributed by atoms with Crippen molar-refractivity contribution in [3.63, 3.8) is 0 Å². The Kier molecular flexibility index (Phi) is 4.11. The lowest BCUT2D eigenvalue weighted by Gasteiger charge is -2.42. The zero-order valence-corrected chi connectivity index (χ0v) is 11.8. The van der Waals surface area contributed by atoms with Gasteiger partial charge in [-0.2, -0.15) is 0 Å². The molecule has 1 heterocycles. The molecule has 0 aromatic rings. The van der Waals surface area contributed by atoms with Crippen molar-refractivity contribution in [2.24, 2.45) is 5.73 Å². The van der Waals surface area contributed by atoms with Gasteiger partial charge < -0.3 is 5.73 Å². The summed E-state index contributed by atoms with van der Waals surface area (Å²) in [5.41, 5.74) is 6.38. The monoisotopic (exact) mass is 239 g/mol. The van der Waals surface area contributed by atoms with Gasteiger partial charge in [-0.25, -0.2) is 0 Å². The minimum absolute atomic E-state index is 0.249. The highest BCUT2D eigenvalue weighted by Gasteiger charge is 2.43. The van der Waals surface area contributed by atoms with E-state index < -0.39 is 0 Å². The highest BCUT2D eigenvalue weighted by Crippen LogP contribution is 2.33. The molecule has 0 radical (unpaired) electrons. The van der Waals surface area contributed by atoms with Crippen LogP contribution in [0.5, 0.6) is 0 Å². The van der Waals surface area contributed by atoms with Gasteiger partial charge in [-0.1, -0.05) is 12.8 Å². The summed E-state index contributed by atoms with van der Waals surface area (Å²) in [7, 11) is 2.31. The summed E-state index contributed by atoms with van der Waals surface area (Å²) in [6.07, 6.45) is 6.81. The fraction of sp³-hybridized carbons (Fsp3) is 1.00. The van der Waals surface area contributed by atoms with Crippen LogP contribution in [-0.2, 0) is 0 Å². The first-order chi connectivity index (χ1) is 8.09. The molecule has 0 spiro atoms. The van der Waals surface area contributed by atoms with Crippen LogP contribution in [0.1, 0.15) is 46.0 Å². The molecule has 0 bridgehead atoms. The molecule has 0 aromatic heterocycles. The van der Waals surface area contributed by atoms with Crippen molar-refractivity contribution >= 4 is 0 Å². The number of nitrogens with zero attached hydrogens (tertiary/aromatic N) is 2. The molecule has 0 amide bonds. The Labute approximate surface area is 106 Å². The minimum Gasteiger partial charge on any atom is -0.329 e. The molecule has 1 aliphatic heterocycles. The van der Waals surface area contributed by atoms with Gasteiger partial charge in [-0.05, 0) is 40.2 Å². The average Bonchev–Trinajstić information content (AvgIpc) is 2.98. The Morgan fingerprint density at radius 1 is 1.35 bits per heavy atom. The first kappa shape index (κ1) is 13.3. The van der Waals surface area contributed by atoms with Crippen molar-refractivity contribution in [1.29, 1.82) is 0 Å². The van der Waals surface area contributed by atoms with Crippen LogP contribution in [0.3, 0.4) is 0 Å². The van der Waals surface area contributed by atoms with E-state index in [0.717, 1.165) is 19.1 Å². The number of rotatable bonds is 4. The van der Waals surface area contributed by atoms with E-state index in [1.54, 1.807) is 0 Å². The lowest BCUT2D eigenvalue weighted by molar-refractivity contribution is 0.0804. The molecule has 2 N–H and O–H groups in total. The van der Waals surface area contributed by atoms with Gasteiger partial charge in [0.05, 0.1) is 0 Å². The van der Waals surface area contributed by atoms with Gasteiger partial charge in [-0.15, -0.1) is 0 Å². The Morgan fingerprint density at radius 3 is 2.47 bits per heavy atom. The smallest absolute Gasteiger partial charge is 0.0470 e. The first-order valence-corrected chi connectivity index (χ1v) is 7.26.